The molecular weight excluding hydrogens is 749 g/mol. The first-order valence-electron chi connectivity index (χ1n) is 22.0. The molecule has 0 aliphatic heterocycles. The third-order valence-electron chi connectivity index (χ3n) is 8.56. The van der Waals surface area contributed by atoms with E-state index in [0.717, 1.165) is 19.3 Å². The lowest BCUT2D eigenvalue weighted by atomic mass is 10.1. The predicted molar refractivity (Wildman–Crippen MR) is 232 cm³/mol. The molecule has 332 valence electrons. The van der Waals surface area contributed by atoms with Crippen LogP contribution in [0.25, 0.3) is 0 Å². The third kappa shape index (κ3) is 26.2. The molecule has 55 heavy (non-hydrogen) atoms. The fraction of sp³-hybridized carbons (Fsp3) is 1.00. The van der Waals surface area contributed by atoms with Crippen LogP contribution in [-0.4, -0.2) is 74.7 Å². The highest BCUT2D eigenvalue weighted by Crippen LogP contribution is 2.35. The van der Waals surface area contributed by atoms with Gasteiger partial charge in [-0.05, 0) is 135 Å². The molecule has 0 aromatic carbocycles. The van der Waals surface area contributed by atoms with Gasteiger partial charge in [0, 0.05) is 42.7 Å². The van der Waals surface area contributed by atoms with E-state index >= 15 is 0 Å². The van der Waals surface area contributed by atoms with Crippen LogP contribution < -0.4 is 0 Å². The lowest BCUT2D eigenvalue weighted by Gasteiger charge is -2.43. The van der Waals surface area contributed by atoms with Crippen molar-refractivity contribution in [3.63, 3.8) is 0 Å². The molecule has 0 aromatic rings. The van der Waals surface area contributed by atoms with Crippen molar-refractivity contribution in [1.82, 2.24) is 0 Å². The molecular formula is C42H92O10Si3. The van der Waals surface area contributed by atoms with Crippen molar-refractivity contribution < 1.29 is 44.0 Å². The van der Waals surface area contributed by atoms with E-state index in [9.17, 15) is 4.80 Å². The van der Waals surface area contributed by atoms with Gasteiger partial charge in [-0.2, -0.15) is 0 Å². The maximum atomic E-state index is 12.8. The Morgan fingerprint density at radius 3 is 0.655 bits per heavy atom. The van der Waals surface area contributed by atoms with Crippen LogP contribution in [0.1, 0.15) is 190 Å². The largest absolute Gasteiger partial charge is 0.674 e. The lowest BCUT2D eigenvalue weighted by Crippen LogP contribution is -2.69. The lowest BCUT2D eigenvalue weighted by molar-refractivity contribution is -0.121. The minimum Gasteiger partial charge on any atom is -0.368 e. The fourth-order valence-corrected chi connectivity index (χ4v) is 16.6. The van der Waals surface area contributed by atoms with Gasteiger partial charge in [-0.15, -0.1) is 0 Å². The van der Waals surface area contributed by atoms with Gasteiger partial charge in [-0.25, -0.2) is 0 Å². The van der Waals surface area contributed by atoms with Gasteiger partial charge in [-0.3, -0.25) is 0 Å². The monoisotopic (exact) mass is 841 g/mol. The Hall–Kier alpha value is 0.251. The smallest absolute Gasteiger partial charge is 0.368 e. The Bertz CT molecular complexity index is 902. The first-order chi connectivity index (χ1) is 25.1. The second-order valence-electron chi connectivity index (χ2n) is 19.6. The molecule has 0 amide bonds. The molecule has 0 spiro atoms. The van der Waals surface area contributed by atoms with Crippen LogP contribution in [0, 0.1) is 41.4 Å². The van der Waals surface area contributed by atoms with Crippen LogP contribution in [0.15, 0.2) is 0 Å². The summed E-state index contributed by atoms with van der Waals surface area (Å²) in [5.74, 6) is 2.24. The van der Waals surface area contributed by atoms with Crippen molar-refractivity contribution in [2.75, 3.05) is 0 Å². The summed E-state index contributed by atoms with van der Waals surface area (Å²) >= 11 is 0. The van der Waals surface area contributed by atoms with Crippen LogP contribution in [0.5, 0.6) is 0 Å². The van der Waals surface area contributed by atoms with Crippen molar-refractivity contribution in [2.45, 2.75) is 233 Å². The molecule has 7 atom stereocenters. The first-order valence-corrected chi connectivity index (χ1v) is 26.9. The van der Waals surface area contributed by atoms with Crippen LogP contribution in [0.2, 0.25) is 0 Å². The molecule has 0 aliphatic rings. The average molecular weight is 841 g/mol. The quantitative estimate of drug-likeness (QED) is 0.0659. The van der Waals surface area contributed by atoms with Crippen molar-refractivity contribution in [3.8, 4) is 0 Å². The van der Waals surface area contributed by atoms with Gasteiger partial charge in [0.1, 0.15) is 0 Å². The van der Waals surface area contributed by atoms with Gasteiger partial charge in [0.15, 0.2) is 0 Å². The summed E-state index contributed by atoms with van der Waals surface area (Å²) in [4.78, 5) is 12.8. The highest BCUT2D eigenvalue weighted by atomic mass is 28.5. The Morgan fingerprint density at radius 2 is 0.455 bits per heavy atom. The van der Waals surface area contributed by atoms with Gasteiger partial charge >= 0.3 is 27.1 Å². The molecule has 0 saturated carbocycles. The van der Waals surface area contributed by atoms with E-state index in [1.807, 2.05) is 48.5 Å². The van der Waals surface area contributed by atoms with E-state index in [4.69, 9.17) is 39.2 Å². The van der Waals surface area contributed by atoms with E-state index in [2.05, 4.69) is 96.9 Å². The van der Waals surface area contributed by atoms with E-state index in [1.165, 1.54) is 0 Å². The Morgan fingerprint density at radius 1 is 0.273 bits per heavy atom. The summed E-state index contributed by atoms with van der Waals surface area (Å²) in [6.45, 7) is 44.1. The molecule has 13 heteroatoms. The summed E-state index contributed by atoms with van der Waals surface area (Å²) < 4.78 is 62.6. The van der Waals surface area contributed by atoms with Gasteiger partial charge in [0.05, 0.1) is 0 Å². The van der Waals surface area contributed by atoms with Crippen LogP contribution in [-0.2, 0) is 39.2 Å². The molecule has 0 rings (SSSR count). The van der Waals surface area contributed by atoms with Crippen molar-refractivity contribution in [3.05, 3.63) is 0 Å². The zero-order chi connectivity index (χ0) is 42.9. The van der Waals surface area contributed by atoms with Crippen molar-refractivity contribution in [2.24, 2.45) is 41.4 Å². The zero-order valence-corrected chi connectivity index (χ0v) is 42.7. The van der Waals surface area contributed by atoms with Crippen LogP contribution >= 0.6 is 0 Å². The van der Waals surface area contributed by atoms with E-state index in [0.29, 0.717) is 67.1 Å². The molecule has 1 N–H and O–H groups in total. The predicted octanol–water partition coefficient (Wildman–Crippen LogP) is 11.5. The summed E-state index contributed by atoms with van der Waals surface area (Å²) in [7, 11) is -13.5. The van der Waals surface area contributed by atoms with Crippen LogP contribution in [0.4, 0.5) is 0 Å². The van der Waals surface area contributed by atoms with Gasteiger partial charge < -0.3 is 44.0 Å². The zero-order valence-electron chi connectivity index (χ0n) is 39.7. The summed E-state index contributed by atoms with van der Waals surface area (Å²) in [5.41, 5.74) is 0. The summed E-state index contributed by atoms with van der Waals surface area (Å²) in [5, 5.41) is 0. The Kier molecular flexibility index (Phi) is 26.6. The summed E-state index contributed by atoms with van der Waals surface area (Å²) in [6.07, 6.45) is 2.56. The number of rotatable bonds is 32. The molecule has 0 aromatic heterocycles. The first kappa shape index (κ1) is 55.3. The van der Waals surface area contributed by atoms with Gasteiger partial charge in [0.2, 0.25) is 0 Å². The minimum atomic E-state index is -4.61. The second kappa shape index (κ2) is 26.5. The molecule has 0 aliphatic carbocycles. The molecule has 0 radical (unpaired) electrons. The summed E-state index contributed by atoms with van der Waals surface area (Å²) in [6, 6.07) is 0. The van der Waals surface area contributed by atoms with E-state index in [-0.39, 0.29) is 30.5 Å². The molecule has 7 unspecified atom stereocenters. The van der Waals surface area contributed by atoms with Crippen LogP contribution in [0.3, 0.4) is 0 Å². The molecule has 0 bridgehead atoms. The van der Waals surface area contributed by atoms with E-state index in [1.54, 1.807) is 0 Å². The topological polar surface area (TPSA) is 103 Å². The average Bonchev–Trinajstić information content (AvgIpc) is 2.88. The third-order valence-corrected chi connectivity index (χ3v) is 17.4. The SMILES string of the molecule is CC(C)CC(C)O[Si](O)(OC(C)CC(C)C)O[Si](OC(C)CC(C)C)(OC(C)CC(C)C)O[Si](OC(C)CC(C)C)(OC(C)CC(C)C)OC(C)CC(C)C. The van der Waals surface area contributed by atoms with Crippen molar-refractivity contribution >= 4 is 27.1 Å². The maximum absolute atomic E-state index is 12.8. The number of hydrogen-bond donors (Lipinski definition) is 1. The Balaban J connectivity index is 8.13. The molecule has 0 saturated heterocycles. The minimum absolute atomic E-state index is 0.294. The highest BCUT2D eigenvalue weighted by molar-refractivity contribution is 6.74. The van der Waals surface area contributed by atoms with Gasteiger partial charge in [0.25, 0.3) is 0 Å². The Labute approximate surface area is 344 Å². The fourth-order valence-electron chi connectivity index (χ4n) is 7.41. The molecule has 10 nitrogen and oxygen atoms in total. The normalized spacial score (nSPS) is 20.2. The standard InChI is InChI=1S/C42H92O10Si3/c1-29(2)22-36(15)44-53(43,45-37(16)23-30(3)4)51-55(49-41(20)27-34(11)12,50-42(21)28-35(13)14)52-54(46-38(17)24-31(5)6,47-39(18)25-32(7)8)48-40(19)26-33(9)10/h29-43H,22-28H2,1-21H3. The maximum Gasteiger partial charge on any atom is 0.674 e. The molecule has 0 heterocycles. The second-order valence-corrected chi connectivity index (χ2v) is 26.0. The van der Waals surface area contributed by atoms with Gasteiger partial charge in [-0.1, -0.05) is 96.9 Å². The molecule has 0 fully saturated rings. The number of hydrogen-bond acceptors (Lipinski definition) is 10. The van der Waals surface area contributed by atoms with E-state index < -0.39 is 39.4 Å². The highest BCUT2D eigenvalue weighted by Gasteiger charge is 2.67. The van der Waals surface area contributed by atoms with Crippen molar-refractivity contribution in [1.29, 1.82) is 0 Å².